The van der Waals surface area contributed by atoms with Crippen molar-refractivity contribution in [1.29, 1.82) is 0 Å². The highest BCUT2D eigenvalue weighted by molar-refractivity contribution is 5.87. The molecule has 0 radical (unpaired) electrons. The number of carboxylic acids is 1. The van der Waals surface area contributed by atoms with Crippen LogP contribution in [-0.2, 0) is 13.1 Å². The van der Waals surface area contributed by atoms with Crippen molar-refractivity contribution in [3.8, 4) is 0 Å². The van der Waals surface area contributed by atoms with Crippen molar-refractivity contribution in [3.63, 3.8) is 0 Å². The molecule has 17 heavy (non-hydrogen) atoms. The summed E-state index contributed by atoms with van der Waals surface area (Å²) in [5, 5.41) is 15.5. The number of rotatable bonds is 5. The Balaban J connectivity index is 1.99. The van der Waals surface area contributed by atoms with Crippen molar-refractivity contribution in [2.75, 3.05) is 0 Å². The van der Waals surface area contributed by atoms with Crippen LogP contribution in [0.15, 0.2) is 27.3 Å². The fraction of sp³-hybridized carbons (Fsp3) is 0.273. The van der Waals surface area contributed by atoms with E-state index in [0.29, 0.717) is 24.4 Å². The van der Waals surface area contributed by atoms with Crippen LogP contribution in [0.1, 0.15) is 27.6 Å². The van der Waals surface area contributed by atoms with Gasteiger partial charge in [-0.05, 0) is 19.1 Å². The highest BCUT2D eigenvalue weighted by Gasteiger charge is 2.18. The summed E-state index contributed by atoms with van der Waals surface area (Å²) in [7, 11) is 0. The summed E-state index contributed by atoms with van der Waals surface area (Å²) in [5.41, 5.74) is 0.513. The van der Waals surface area contributed by atoms with E-state index in [9.17, 15) is 4.79 Å². The molecule has 2 aromatic heterocycles. The predicted octanol–water partition coefficient (Wildman–Crippen LogP) is 1.56. The van der Waals surface area contributed by atoms with Crippen LogP contribution in [0.25, 0.3) is 0 Å². The van der Waals surface area contributed by atoms with E-state index in [0.717, 1.165) is 5.76 Å². The first kappa shape index (κ1) is 11.4. The molecule has 0 aliphatic rings. The van der Waals surface area contributed by atoms with Crippen molar-refractivity contribution >= 4 is 5.97 Å². The van der Waals surface area contributed by atoms with Gasteiger partial charge in [-0.15, -0.1) is 0 Å². The van der Waals surface area contributed by atoms with E-state index in [4.69, 9.17) is 14.0 Å². The standard InChI is InChI=1S/C11H12N2O4/c1-7-9(10(11(14)15)13-17-7)6-12-5-8-3-2-4-16-8/h2-4,12H,5-6H2,1H3,(H,14,15). The van der Waals surface area contributed by atoms with Crippen LogP contribution in [0.2, 0.25) is 0 Å². The molecule has 2 rings (SSSR count). The predicted molar refractivity (Wildman–Crippen MR) is 57.5 cm³/mol. The molecule has 6 nitrogen and oxygen atoms in total. The molecule has 6 heteroatoms. The maximum atomic E-state index is 10.9. The van der Waals surface area contributed by atoms with Gasteiger partial charge in [-0.3, -0.25) is 0 Å². The quantitative estimate of drug-likeness (QED) is 0.819. The molecule has 0 aromatic carbocycles. The Bertz CT molecular complexity index is 502. The van der Waals surface area contributed by atoms with Gasteiger partial charge < -0.3 is 19.4 Å². The zero-order valence-corrected chi connectivity index (χ0v) is 9.27. The molecule has 0 aliphatic heterocycles. The van der Waals surface area contributed by atoms with Gasteiger partial charge in [0.1, 0.15) is 11.5 Å². The molecule has 0 unspecified atom stereocenters. The fourth-order valence-corrected chi connectivity index (χ4v) is 1.49. The Labute approximate surface area is 97.2 Å². The highest BCUT2D eigenvalue weighted by atomic mass is 16.5. The Hall–Kier alpha value is -2.08. The van der Waals surface area contributed by atoms with Crippen LogP contribution >= 0.6 is 0 Å². The number of aromatic nitrogens is 1. The van der Waals surface area contributed by atoms with Crippen molar-refractivity contribution in [1.82, 2.24) is 10.5 Å². The minimum Gasteiger partial charge on any atom is -0.476 e. The number of carboxylic acid groups (broad SMARTS) is 1. The molecule has 0 spiro atoms. The Morgan fingerprint density at radius 3 is 3.00 bits per heavy atom. The number of hydrogen-bond acceptors (Lipinski definition) is 5. The number of aromatic carboxylic acids is 1. The molecular weight excluding hydrogens is 224 g/mol. The second kappa shape index (κ2) is 4.84. The van der Waals surface area contributed by atoms with E-state index in [2.05, 4.69) is 10.5 Å². The van der Waals surface area contributed by atoms with Gasteiger partial charge in [0.05, 0.1) is 12.8 Å². The lowest BCUT2D eigenvalue weighted by molar-refractivity contribution is 0.0684. The molecule has 0 bridgehead atoms. The van der Waals surface area contributed by atoms with Gasteiger partial charge in [0, 0.05) is 12.1 Å². The maximum absolute atomic E-state index is 10.9. The summed E-state index contributed by atoms with van der Waals surface area (Å²) in [5.74, 6) is 0.210. The molecule has 0 fully saturated rings. The molecule has 2 heterocycles. The van der Waals surface area contributed by atoms with Gasteiger partial charge in [0.15, 0.2) is 5.69 Å². The third kappa shape index (κ3) is 2.54. The summed E-state index contributed by atoms with van der Waals surface area (Å²) in [6.07, 6.45) is 1.59. The molecule has 0 aliphatic carbocycles. The molecule has 2 N–H and O–H groups in total. The zero-order valence-electron chi connectivity index (χ0n) is 9.27. The zero-order chi connectivity index (χ0) is 12.3. The lowest BCUT2D eigenvalue weighted by Crippen LogP contribution is -2.15. The van der Waals surface area contributed by atoms with Crippen LogP contribution in [0, 0.1) is 6.92 Å². The SMILES string of the molecule is Cc1onc(C(=O)O)c1CNCc1ccco1. The second-order valence-electron chi connectivity index (χ2n) is 3.55. The lowest BCUT2D eigenvalue weighted by Gasteiger charge is -2.01. The van der Waals surface area contributed by atoms with Gasteiger partial charge in [0.2, 0.25) is 0 Å². The minimum absolute atomic E-state index is 0.0468. The second-order valence-corrected chi connectivity index (χ2v) is 3.55. The van der Waals surface area contributed by atoms with E-state index in [1.165, 1.54) is 0 Å². The molecule has 0 saturated carbocycles. The van der Waals surface area contributed by atoms with Crippen LogP contribution < -0.4 is 5.32 Å². The Morgan fingerprint density at radius 2 is 2.35 bits per heavy atom. The smallest absolute Gasteiger partial charge is 0.358 e. The summed E-state index contributed by atoms with van der Waals surface area (Å²) in [6.45, 7) is 2.58. The van der Waals surface area contributed by atoms with Crippen molar-refractivity contribution in [3.05, 3.63) is 41.2 Å². The van der Waals surface area contributed by atoms with E-state index in [1.807, 2.05) is 6.07 Å². The van der Waals surface area contributed by atoms with Gasteiger partial charge in [0.25, 0.3) is 0 Å². The average Bonchev–Trinajstić information content (AvgIpc) is 2.89. The normalized spacial score (nSPS) is 10.6. The fourth-order valence-electron chi connectivity index (χ4n) is 1.49. The number of nitrogens with zero attached hydrogens (tertiary/aromatic N) is 1. The van der Waals surface area contributed by atoms with E-state index in [-0.39, 0.29) is 5.69 Å². The number of aryl methyl sites for hydroxylation is 1. The summed E-state index contributed by atoms with van der Waals surface area (Å²) < 4.78 is 9.99. The van der Waals surface area contributed by atoms with Gasteiger partial charge in [-0.2, -0.15) is 0 Å². The summed E-state index contributed by atoms with van der Waals surface area (Å²) >= 11 is 0. The van der Waals surface area contributed by atoms with Crippen molar-refractivity contribution in [2.24, 2.45) is 0 Å². The van der Waals surface area contributed by atoms with Crippen LogP contribution in [0.5, 0.6) is 0 Å². The van der Waals surface area contributed by atoms with Gasteiger partial charge in [-0.1, -0.05) is 5.16 Å². The van der Waals surface area contributed by atoms with Gasteiger partial charge in [-0.25, -0.2) is 4.79 Å². The summed E-state index contributed by atoms with van der Waals surface area (Å²) in [6, 6.07) is 3.63. The average molecular weight is 236 g/mol. The Kier molecular flexibility index (Phi) is 3.24. The van der Waals surface area contributed by atoms with E-state index < -0.39 is 5.97 Å². The highest BCUT2D eigenvalue weighted by Crippen LogP contribution is 2.13. The minimum atomic E-state index is -1.09. The first-order valence-electron chi connectivity index (χ1n) is 5.10. The monoisotopic (exact) mass is 236 g/mol. The third-order valence-corrected chi connectivity index (χ3v) is 2.37. The molecule has 0 amide bonds. The van der Waals surface area contributed by atoms with Crippen molar-refractivity contribution < 1.29 is 18.8 Å². The number of carbonyl (C=O) groups is 1. The Morgan fingerprint density at radius 1 is 1.53 bits per heavy atom. The maximum Gasteiger partial charge on any atom is 0.358 e. The summed E-state index contributed by atoms with van der Waals surface area (Å²) in [4.78, 5) is 10.9. The van der Waals surface area contributed by atoms with Gasteiger partial charge >= 0.3 is 5.97 Å². The first-order valence-corrected chi connectivity index (χ1v) is 5.10. The first-order chi connectivity index (χ1) is 8.18. The molecular formula is C11H12N2O4. The topological polar surface area (TPSA) is 88.5 Å². The largest absolute Gasteiger partial charge is 0.476 e. The van der Waals surface area contributed by atoms with E-state index >= 15 is 0 Å². The number of nitrogens with one attached hydrogen (secondary N) is 1. The molecule has 90 valence electrons. The molecule has 2 aromatic rings. The number of furan rings is 1. The third-order valence-electron chi connectivity index (χ3n) is 2.37. The van der Waals surface area contributed by atoms with Crippen molar-refractivity contribution in [2.45, 2.75) is 20.0 Å². The van der Waals surface area contributed by atoms with Crippen LogP contribution in [0.3, 0.4) is 0 Å². The van der Waals surface area contributed by atoms with E-state index in [1.54, 1.807) is 19.3 Å². The molecule has 0 atom stereocenters. The number of hydrogen-bond donors (Lipinski definition) is 2. The van der Waals surface area contributed by atoms with Crippen LogP contribution in [-0.4, -0.2) is 16.2 Å². The van der Waals surface area contributed by atoms with Crippen LogP contribution in [0.4, 0.5) is 0 Å². The lowest BCUT2D eigenvalue weighted by atomic mass is 10.2. The molecule has 0 saturated heterocycles.